The van der Waals surface area contributed by atoms with Crippen molar-refractivity contribution in [3.8, 4) is 11.8 Å². The van der Waals surface area contributed by atoms with Crippen LogP contribution in [0.15, 0.2) is 24.5 Å². The number of hydrogen-bond acceptors (Lipinski definition) is 2. The first-order valence-corrected chi connectivity index (χ1v) is 8.48. The van der Waals surface area contributed by atoms with Gasteiger partial charge in [-0.3, -0.25) is 4.98 Å². The van der Waals surface area contributed by atoms with E-state index in [1.54, 1.807) is 0 Å². The fourth-order valence-corrected chi connectivity index (χ4v) is 2.35. The van der Waals surface area contributed by atoms with Crippen molar-refractivity contribution in [2.24, 2.45) is 5.73 Å². The molecule has 1 aromatic rings. The summed E-state index contributed by atoms with van der Waals surface area (Å²) in [5.74, 6) is 6.56. The molecule has 0 aliphatic heterocycles. The van der Waals surface area contributed by atoms with Gasteiger partial charge in [-0.1, -0.05) is 44.6 Å². The highest BCUT2D eigenvalue weighted by Gasteiger charge is 1.91. The van der Waals surface area contributed by atoms with Gasteiger partial charge >= 0.3 is 0 Å². The minimum atomic E-state index is 0.847. The minimum Gasteiger partial charge on any atom is -0.330 e. The van der Waals surface area contributed by atoms with Crippen LogP contribution in [0.2, 0.25) is 0 Å². The van der Waals surface area contributed by atoms with Crippen molar-refractivity contribution in [3.05, 3.63) is 30.1 Å². The monoisotopic (exact) mass is 286 g/mol. The van der Waals surface area contributed by atoms with E-state index in [-0.39, 0.29) is 0 Å². The summed E-state index contributed by atoms with van der Waals surface area (Å²) in [5, 5.41) is 0. The van der Waals surface area contributed by atoms with Gasteiger partial charge in [0.1, 0.15) is 0 Å². The Bertz CT molecular complexity index is 389. The number of rotatable bonds is 11. The maximum absolute atomic E-state index is 5.48. The Morgan fingerprint density at radius 1 is 0.857 bits per heavy atom. The maximum atomic E-state index is 5.48. The molecule has 0 saturated heterocycles. The summed E-state index contributed by atoms with van der Waals surface area (Å²) in [5.41, 5.74) is 6.76. The van der Waals surface area contributed by atoms with Gasteiger partial charge in [0.15, 0.2) is 0 Å². The second kappa shape index (κ2) is 13.6. The van der Waals surface area contributed by atoms with Crippen molar-refractivity contribution in [1.82, 2.24) is 4.98 Å². The summed E-state index contributed by atoms with van der Waals surface area (Å²) in [6.45, 7) is 0.847. The number of nitrogens with two attached hydrogens (primary N) is 1. The summed E-state index contributed by atoms with van der Waals surface area (Å²) >= 11 is 0. The van der Waals surface area contributed by atoms with Crippen LogP contribution in [0.4, 0.5) is 0 Å². The van der Waals surface area contributed by atoms with Crippen molar-refractivity contribution in [2.45, 2.75) is 70.6 Å². The predicted molar refractivity (Wildman–Crippen MR) is 90.9 cm³/mol. The molecular formula is C19H30N2. The van der Waals surface area contributed by atoms with Crippen LogP contribution in [0, 0.1) is 11.8 Å². The number of pyridine rings is 1. The molecule has 0 spiro atoms. The number of aryl methyl sites for hydroxylation is 1. The van der Waals surface area contributed by atoms with Crippen LogP contribution in [0.1, 0.15) is 69.8 Å². The Kier molecular flexibility index (Phi) is 11.5. The molecule has 0 unspecified atom stereocenters. The van der Waals surface area contributed by atoms with Crippen LogP contribution < -0.4 is 5.73 Å². The van der Waals surface area contributed by atoms with E-state index in [0.29, 0.717) is 0 Å². The Labute approximate surface area is 130 Å². The Balaban J connectivity index is 1.85. The van der Waals surface area contributed by atoms with Gasteiger partial charge in [0.05, 0.1) is 0 Å². The van der Waals surface area contributed by atoms with Crippen LogP contribution in [0.3, 0.4) is 0 Å². The number of nitrogens with zero attached hydrogens (tertiary/aromatic N) is 1. The molecule has 0 fully saturated rings. The van der Waals surface area contributed by atoms with Crippen LogP contribution in [-0.2, 0) is 6.42 Å². The highest BCUT2D eigenvalue weighted by atomic mass is 14.6. The summed E-state index contributed by atoms with van der Waals surface area (Å²) in [6, 6.07) is 4.10. The SMILES string of the molecule is NCCCCCCCCCCC#CCCc1cccnc1. The summed E-state index contributed by atoms with van der Waals surface area (Å²) in [7, 11) is 0. The fourth-order valence-electron chi connectivity index (χ4n) is 2.35. The minimum absolute atomic E-state index is 0.847. The first-order chi connectivity index (χ1) is 10.4. The number of aromatic nitrogens is 1. The molecule has 0 saturated carbocycles. The number of unbranched alkanes of at least 4 members (excludes halogenated alkanes) is 8. The molecule has 1 aromatic heterocycles. The Morgan fingerprint density at radius 2 is 1.52 bits per heavy atom. The molecule has 116 valence electrons. The van der Waals surface area contributed by atoms with Crippen LogP contribution >= 0.6 is 0 Å². The fraction of sp³-hybridized carbons (Fsp3) is 0.632. The third-order valence-electron chi connectivity index (χ3n) is 3.64. The second-order valence-electron chi connectivity index (χ2n) is 5.58. The van der Waals surface area contributed by atoms with E-state index in [1.165, 1.54) is 56.9 Å². The molecule has 1 heterocycles. The van der Waals surface area contributed by atoms with Gasteiger partial charge < -0.3 is 5.73 Å². The topological polar surface area (TPSA) is 38.9 Å². The quantitative estimate of drug-likeness (QED) is 0.481. The summed E-state index contributed by atoms with van der Waals surface area (Å²) in [4.78, 5) is 4.11. The molecule has 0 radical (unpaired) electrons. The summed E-state index contributed by atoms with van der Waals surface area (Å²) < 4.78 is 0. The van der Waals surface area contributed by atoms with Gasteiger partial charge in [-0.2, -0.15) is 0 Å². The van der Waals surface area contributed by atoms with E-state index < -0.39 is 0 Å². The molecule has 0 bridgehead atoms. The largest absolute Gasteiger partial charge is 0.330 e. The van der Waals surface area contributed by atoms with Crippen molar-refractivity contribution < 1.29 is 0 Å². The molecule has 0 aliphatic rings. The van der Waals surface area contributed by atoms with Crippen LogP contribution in [-0.4, -0.2) is 11.5 Å². The number of hydrogen-bond donors (Lipinski definition) is 1. The van der Waals surface area contributed by atoms with E-state index >= 15 is 0 Å². The first-order valence-electron chi connectivity index (χ1n) is 8.48. The van der Waals surface area contributed by atoms with E-state index in [2.05, 4.69) is 22.9 Å². The zero-order valence-corrected chi connectivity index (χ0v) is 13.3. The molecular weight excluding hydrogens is 256 g/mol. The van der Waals surface area contributed by atoms with Crippen LogP contribution in [0.25, 0.3) is 0 Å². The predicted octanol–water partition coefficient (Wildman–Crippen LogP) is 4.49. The third kappa shape index (κ3) is 11.0. The lowest BCUT2D eigenvalue weighted by Gasteiger charge is -2.00. The zero-order chi connectivity index (χ0) is 15.0. The van der Waals surface area contributed by atoms with E-state index in [9.17, 15) is 0 Å². The first kappa shape index (κ1) is 17.7. The Morgan fingerprint density at radius 3 is 2.19 bits per heavy atom. The maximum Gasteiger partial charge on any atom is 0.0300 e. The molecule has 2 N–H and O–H groups in total. The lowest BCUT2D eigenvalue weighted by molar-refractivity contribution is 0.573. The molecule has 0 atom stereocenters. The van der Waals surface area contributed by atoms with Crippen molar-refractivity contribution >= 4 is 0 Å². The van der Waals surface area contributed by atoms with E-state index in [1.807, 2.05) is 18.5 Å². The average Bonchev–Trinajstić information content (AvgIpc) is 2.53. The van der Waals surface area contributed by atoms with Gasteiger partial charge in [0.25, 0.3) is 0 Å². The van der Waals surface area contributed by atoms with Gasteiger partial charge in [0.2, 0.25) is 0 Å². The van der Waals surface area contributed by atoms with E-state index in [0.717, 1.165) is 25.8 Å². The van der Waals surface area contributed by atoms with Crippen LogP contribution in [0.5, 0.6) is 0 Å². The van der Waals surface area contributed by atoms with Gasteiger partial charge in [-0.15, -0.1) is 11.8 Å². The standard InChI is InChI=1S/C19H30N2/c20-16-12-10-8-6-4-2-1-3-5-7-9-11-14-19-15-13-17-21-18-19/h13,15,17-18H,1-6,8,10-12,14,16,20H2. The molecule has 0 aliphatic carbocycles. The highest BCUT2D eigenvalue weighted by Crippen LogP contribution is 2.09. The summed E-state index contributed by atoms with van der Waals surface area (Å²) in [6.07, 6.45) is 17.3. The van der Waals surface area contributed by atoms with E-state index in [4.69, 9.17) is 5.73 Å². The van der Waals surface area contributed by atoms with Gasteiger partial charge in [-0.05, 0) is 37.4 Å². The highest BCUT2D eigenvalue weighted by molar-refractivity contribution is 5.11. The second-order valence-corrected chi connectivity index (χ2v) is 5.58. The lowest BCUT2D eigenvalue weighted by atomic mass is 10.1. The average molecular weight is 286 g/mol. The molecule has 2 nitrogen and oxygen atoms in total. The lowest BCUT2D eigenvalue weighted by Crippen LogP contribution is -1.97. The van der Waals surface area contributed by atoms with Gasteiger partial charge in [-0.25, -0.2) is 0 Å². The molecule has 2 heteroatoms. The molecule has 21 heavy (non-hydrogen) atoms. The Hall–Kier alpha value is -1.33. The van der Waals surface area contributed by atoms with Crippen molar-refractivity contribution in [1.29, 1.82) is 0 Å². The molecule has 1 rings (SSSR count). The smallest absolute Gasteiger partial charge is 0.0300 e. The molecule has 0 amide bonds. The molecule has 0 aromatic carbocycles. The third-order valence-corrected chi connectivity index (χ3v) is 3.64. The van der Waals surface area contributed by atoms with Crippen molar-refractivity contribution in [3.63, 3.8) is 0 Å². The van der Waals surface area contributed by atoms with Gasteiger partial charge in [0, 0.05) is 25.2 Å². The van der Waals surface area contributed by atoms with Crippen molar-refractivity contribution in [2.75, 3.05) is 6.54 Å². The normalized spacial score (nSPS) is 10.1. The zero-order valence-electron chi connectivity index (χ0n) is 13.3.